The van der Waals surface area contributed by atoms with Crippen molar-refractivity contribution in [3.63, 3.8) is 0 Å². The summed E-state index contributed by atoms with van der Waals surface area (Å²) in [6.45, 7) is 0.165. The highest BCUT2D eigenvalue weighted by Crippen LogP contribution is 2.23. The Labute approximate surface area is 127 Å². The van der Waals surface area contributed by atoms with Crippen LogP contribution in [-0.4, -0.2) is 14.8 Å². The number of hydrogen-bond donors (Lipinski definition) is 0. The molecule has 0 aliphatic heterocycles. The molecule has 0 bridgehead atoms. The Hall–Kier alpha value is -2.87. The van der Waals surface area contributed by atoms with Gasteiger partial charge >= 0.3 is 5.76 Å². The van der Waals surface area contributed by atoms with E-state index in [4.69, 9.17) is 13.3 Å². The predicted molar refractivity (Wildman–Crippen MR) is 77.4 cm³/mol. The van der Waals surface area contributed by atoms with Gasteiger partial charge in [-0.15, -0.1) is 16.4 Å². The van der Waals surface area contributed by atoms with Gasteiger partial charge in [-0.05, 0) is 23.6 Å². The number of furan rings is 1. The molecule has 0 N–H and O–H groups in total. The van der Waals surface area contributed by atoms with Crippen molar-refractivity contribution in [2.45, 2.75) is 6.54 Å². The lowest BCUT2D eigenvalue weighted by atomic mass is 10.4. The van der Waals surface area contributed by atoms with Crippen LogP contribution in [-0.2, 0) is 6.54 Å². The smallest absolute Gasteiger partial charge is 0.437 e. The number of rotatable bonds is 4. The number of hydrogen-bond acceptors (Lipinski definition) is 7. The van der Waals surface area contributed by atoms with E-state index in [1.54, 1.807) is 12.1 Å². The summed E-state index contributed by atoms with van der Waals surface area (Å²) in [6, 6.07) is 7.19. The zero-order valence-electron chi connectivity index (χ0n) is 11.1. The monoisotopic (exact) mass is 315 g/mol. The van der Waals surface area contributed by atoms with E-state index < -0.39 is 5.76 Å². The molecule has 0 saturated carbocycles. The van der Waals surface area contributed by atoms with Crippen molar-refractivity contribution >= 4 is 11.3 Å². The Morgan fingerprint density at radius 2 is 2.14 bits per heavy atom. The van der Waals surface area contributed by atoms with Crippen molar-refractivity contribution < 1.29 is 13.3 Å². The van der Waals surface area contributed by atoms with Crippen LogP contribution in [0.5, 0.6) is 0 Å². The van der Waals surface area contributed by atoms with Gasteiger partial charge in [-0.2, -0.15) is 4.68 Å². The predicted octanol–water partition coefficient (Wildman–Crippen LogP) is 2.86. The van der Waals surface area contributed by atoms with E-state index in [1.165, 1.54) is 28.5 Å². The second-order valence-electron chi connectivity index (χ2n) is 4.43. The summed E-state index contributed by atoms with van der Waals surface area (Å²) in [5, 5.41) is 6.03. The maximum atomic E-state index is 11.8. The van der Waals surface area contributed by atoms with Gasteiger partial charge in [0.15, 0.2) is 5.76 Å². The number of oxazole rings is 1. The average molecular weight is 315 g/mol. The summed E-state index contributed by atoms with van der Waals surface area (Å²) in [6.07, 6.45) is 2.99. The zero-order valence-corrected chi connectivity index (χ0v) is 11.9. The molecule has 110 valence electrons. The molecular weight excluding hydrogens is 306 g/mol. The fourth-order valence-electron chi connectivity index (χ4n) is 1.95. The second kappa shape index (κ2) is 5.15. The fraction of sp³-hybridized carbons (Fsp3) is 0.0714. The van der Waals surface area contributed by atoms with Crippen molar-refractivity contribution in [2.24, 2.45) is 0 Å². The largest absolute Gasteiger partial charge is 0.459 e. The lowest BCUT2D eigenvalue weighted by molar-refractivity contribution is 0.475. The summed E-state index contributed by atoms with van der Waals surface area (Å²) < 4.78 is 16.8. The minimum absolute atomic E-state index is 0.136. The quantitative estimate of drug-likeness (QED) is 0.575. The highest BCUT2D eigenvalue weighted by Gasteiger charge is 2.15. The van der Waals surface area contributed by atoms with E-state index in [0.29, 0.717) is 17.3 Å². The summed E-state index contributed by atoms with van der Waals surface area (Å²) in [7, 11) is 0. The average Bonchev–Trinajstić information content (AvgIpc) is 3.28. The van der Waals surface area contributed by atoms with Gasteiger partial charge in [-0.25, -0.2) is 9.78 Å². The molecule has 0 aliphatic carbocycles. The minimum Gasteiger partial charge on any atom is -0.459 e. The highest BCUT2D eigenvalue weighted by molar-refractivity contribution is 7.13. The summed E-state index contributed by atoms with van der Waals surface area (Å²) in [4.78, 5) is 17.1. The first-order chi connectivity index (χ1) is 10.8. The van der Waals surface area contributed by atoms with Crippen molar-refractivity contribution in [1.29, 1.82) is 0 Å². The molecule has 0 unspecified atom stereocenters. The van der Waals surface area contributed by atoms with Crippen LogP contribution in [0, 0.1) is 0 Å². The molecule has 0 amide bonds. The first-order valence-electron chi connectivity index (χ1n) is 6.40. The summed E-state index contributed by atoms with van der Waals surface area (Å²) in [5.41, 5.74) is 0.588. The van der Waals surface area contributed by atoms with E-state index in [1.807, 2.05) is 17.5 Å². The molecule has 4 aromatic rings. The SMILES string of the molecule is O=c1oc(-c2ccco2)nn1Cc1coc(-c2cccs2)n1. The van der Waals surface area contributed by atoms with Crippen LogP contribution in [0.15, 0.2) is 60.2 Å². The van der Waals surface area contributed by atoms with Crippen LogP contribution in [0.25, 0.3) is 22.4 Å². The number of nitrogens with zero attached hydrogens (tertiary/aromatic N) is 3. The number of thiophene rings is 1. The van der Waals surface area contributed by atoms with Gasteiger partial charge in [0, 0.05) is 0 Å². The van der Waals surface area contributed by atoms with Gasteiger partial charge in [0.25, 0.3) is 5.89 Å². The van der Waals surface area contributed by atoms with E-state index in [0.717, 1.165) is 4.88 Å². The Bertz CT molecular complexity index is 931. The van der Waals surface area contributed by atoms with Gasteiger partial charge in [0.2, 0.25) is 5.89 Å². The standard InChI is InChI=1S/C14H9N3O4S/c18-14-17(16-12(21-14)10-3-1-5-19-10)7-9-8-20-13(15-9)11-4-2-6-22-11/h1-6,8H,7H2. The van der Waals surface area contributed by atoms with Crippen molar-refractivity contribution in [3.8, 4) is 22.4 Å². The molecule has 0 fully saturated rings. The number of aromatic nitrogens is 3. The molecule has 0 saturated heterocycles. The van der Waals surface area contributed by atoms with Crippen LogP contribution < -0.4 is 5.76 Å². The molecule has 4 rings (SSSR count). The van der Waals surface area contributed by atoms with Crippen LogP contribution in [0.2, 0.25) is 0 Å². The van der Waals surface area contributed by atoms with Crippen LogP contribution in [0.4, 0.5) is 0 Å². The zero-order chi connectivity index (χ0) is 14.9. The minimum atomic E-state index is -0.577. The Kier molecular flexibility index (Phi) is 3.01. The molecule has 8 heteroatoms. The molecule has 0 aromatic carbocycles. The normalized spacial score (nSPS) is 11.1. The lowest BCUT2D eigenvalue weighted by Gasteiger charge is -1.92. The summed E-state index contributed by atoms with van der Waals surface area (Å²) in [5.74, 6) is 0.479. The third-order valence-electron chi connectivity index (χ3n) is 2.93. The Balaban J connectivity index is 1.60. The van der Waals surface area contributed by atoms with Crippen LogP contribution in [0.3, 0.4) is 0 Å². The topological polar surface area (TPSA) is 87.2 Å². The Morgan fingerprint density at radius 1 is 1.18 bits per heavy atom. The maximum absolute atomic E-state index is 11.8. The van der Waals surface area contributed by atoms with Crippen molar-refractivity contribution in [1.82, 2.24) is 14.8 Å². The van der Waals surface area contributed by atoms with Gasteiger partial charge in [-0.1, -0.05) is 6.07 Å². The van der Waals surface area contributed by atoms with Crippen molar-refractivity contribution in [3.05, 3.63) is 58.4 Å². The molecular formula is C14H9N3O4S. The van der Waals surface area contributed by atoms with E-state index in [2.05, 4.69) is 10.1 Å². The molecule has 4 heterocycles. The first kappa shape index (κ1) is 12.8. The third kappa shape index (κ3) is 2.29. The third-order valence-corrected chi connectivity index (χ3v) is 3.79. The second-order valence-corrected chi connectivity index (χ2v) is 5.38. The van der Waals surface area contributed by atoms with Crippen LogP contribution >= 0.6 is 11.3 Å². The molecule has 0 spiro atoms. The molecule has 7 nitrogen and oxygen atoms in total. The first-order valence-corrected chi connectivity index (χ1v) is 7.28. The van der Waals surface area contributed by atoms with Gasteiger partial charge in [0.1, 0.15) is 12.0 Å². The Morgan fingerprint density at radius 3 is 2.91 bits per heavy atom. The van der Waals surface area contributed by atoms with Gasteiger partial charge in [-0.3, -0.25) is 0 Å². The summed E-state index contributed by atoms with van der Waals surface area (Å²) >= 11 is 1.53. The van der Waals surface area contributed by atoms with Gasteiger partial charge in [0.05, 0.1) is 17.7 Å². The van der Waals surface area contributed by atoms with Crippen molar-refractivity contribution in [2.75, 3.05) is 0 Å². The van der Waals surface area contributed by atoms with Crippen LogP contribution in [0.1, 0.15) is 5.69 Å². The van der Waals surface area contributed by atoms with E-state index in [-0.39, 0.29) is 12.4 Å². The van der Waals surface area contributed by atoms with E-state index >= 15 is 0 Å². The van der Waals surface area contributed by atoms with E-state index in [9.17, 15) is 4.79 Å². The molecule has 0 atom stereocenters. The molecule has 0 radical (unpaired) electrons. The lowest BCUT2D eigenvalue weighted by Crippen LogP contribution is -2.16. The molecule has 4 aromatic heterocycles. The highest BCUT2D eigenvalue weighted by atomic mass is 32.1. The maximum Gasteiger partial charge on any atom is 0.437 e. The molecule has 0 aliphatic rings. The fourth-order valence-corrected chi connectivity index (χ4v) is 2.61. The molecule has 22 heavy (non-hydrogen) atoms. The van der Waals surface area contributed by atoms with Gasteiger partial charge < -0.3 is 13.3 Å².